The molecule has 1 aromatic carbocycles. The Morgan fingerprint density at radius 3 is 2.37 bits per heavy atom. The summed E-state index contributed by atoms with van der Waals surface area (Å²) in [6, 6.07) is 8.65. The first kappa shape index (κ1) is 14.6. The van der Waals surface area contributed by atoms with Gasteiger partial charge in [0.15, 0.2) is 0 Å². The zero-order valence-corrected chi connectivity index (χ0v) is 12.8. The quantitative estimate of drug-likeness (QED) is 0.700. The zero-order valence-electron chi connectivity index (χ0n) is 12.0. The van der Waals surface area contributed by atoms with Crippen LogP contribution in [0.4, 0.5) is 0 Å². The van der Waals surface area contributed by atoms with Crippen LogP contribution in [-0.4, -0.2) is 11.5 Å². The number of Topliss-reactive ketones (excluding diaryl/α,β-unsaturated/α-hetero) is 1. The van der Waals surface area contributed by atoms with Crippen molar-refractivity contribution >= 4 is 17.5 Å². The second kappa shape index (κ2) is 7.14. The molecule has 0 heterocycles. The molecular formula is C17H24OS. The Balaban J connectivity index is 1.82. The summed E-state index contributed by atoms with van der Waals surface area (Å²) in [5.74, 6) is 2.02. The lowest BCUT2D eigenvalue weighted by atomic mass is 9.87. The van der Waals surface area contributed by atoms with Crippen LogP contribution < -0.4 is 0 Å². The highest BCUT2D eigenvalue weighted by molar-refractivity contribution is 8.00. The van der Waals surface area contributed by atoms with Gasteiger partial charge in [-0.25, -0.2) is 0 Å². The van der Waals surface area contributed by atoms with Crippen molar-refractivity contribution in [2.24, 2.45) is 5.92 Å². The van der Waals surface area contributed by atoms with Crippen LogP contribution in [0.5, 0.6) is 0 Å². The molecule has 2 rings (SSSR count). The molecule has 1 saturated carbocycles. The van der Waals surface area contributed by atoms with Gasteiger partial charge in [-0.15, -0.1) is 11.8 Å². The Hall–Kier alpha value is -0.760. The Bertz CT molecular complexity index is 402. The lowest BCUT2D eigenvalue weighted by molar-refractivity contribution is -0.121. The molecule has 0 atom stereocenters. The average Bonchev–Trinajstić information content (AvgIpc) is 2.46. The minimum absolute atomic E-state index is 0.344. The van der Waals surface area contributed by atoms with Crippen LogP contribution in [0.15, 0.2) is 29.2 Å². The molecule has 1 fully saturated rings. The summed E-state index contributed by atoms with van der Waals surface area (Å²) in [7, 11) is 0. The second-order valence-corrected chi connectivity index (χ2v) is 6.86. The van der Waals surface area contributed by atoms with Crippen molar-refractivity contribution in [3.63, 3.8) is 0 Å². The number of thioether (sulfide) groups is 1. The van der Waals surface area contributed by atoms with Crippen molar-refractivity contribution in [3.05, 3.63) is 29.8 Å². The maximum Gasteiger partial charge on any atom is 0.146 e. The molecule has 1 aliphatic rings. The molecule has 0 saturated heterocycles. The molecule has 0 amide bonds. The number of carbonyl (C=O) groups is 1. The third kappa shape index (κ3) is 4.38. The zero-order chi connectivity index (χ0) is 13.7. The van der Waals surface area contributed by atoms with Crippen LogP contribution >= 0.6 is 11.8 Å². The van der Waals surface area contributed by atoms with Gasteiger partial charge in [0.05, 0.1) is 5.75 Å². The lowest BCUT2D eigenvalue weighted by Gasteiger charge is -2.19. The molecule has 1 aliphatic carbocycles. The molecule has 19 heavy (non-hydrogen) atoms. The monoisotopic (exact) mass is 276 g/mol. The molecular weight excluding hydrogens is 252 g/mol. The summed E-state index contributed by atoms with van der Waals surface area (Å²) in [4.78, 5) is 13.3. The van der Waals surface area contributed by atoms with Crippen molar-refractivity contribution in [2.45, 2.75) is 56.8 Å². The second-order valence-electron chi connectivity index (χ2n) is 5.81. The van der Waals surface area contributed by atoms with E-state index in [1.807, 2.05) is 0 Å². The lowest BCUT2D eigenvalue weighted by Crippen LogP contribution is -2.19. The highest BCUT2D eigenvalue weighted by atomic mass is 32.2. The number of rotatable bonds is 5. The van der Waals surface area contributed by atoms with E-state index in [9.17, 15) is 4.79 Å². The van der Waals surface area contributed by atoms with Crippen molar-refractivity contribution in [2.75, 3.05) is 5.75 Å². The predicted octanol–water partition coefficient (Wildman–Crippen LogP) is 5.05. The van der Waals surface area contributed by atoms with E-state index in [0.29, 0.717) is 23.4 Å². The third-order valence-corrected chi connectivity index (χ3v) is 5.02. The molecule has 0 aromatic heterocycles. The van der Waals surface area contributed by atoms with E-state index in [-0.39, 0.29) is 0 Å². The highest BCUT2D eigenvalue weighted by Crippen LogP contribution is 2.27. The van der Waals surface area contributed by atoms with Crippen molar-refractivity contribution in [1.82, 2.24) is 0 Å². The Kier molecular flexibility index (Phi) is 5.50. The average molecular weight is 276 g/mol. The van der Waals surface area contributed by atoms with E-state index in [4.69, 9.17) is 0 Å². The SMILES string of the molecule is CC(C)c1ccc(SCC(=O)C2CCCCC2)cc1. The van der Waals surface area contributed by atoms with Gasteiger partial charge in [-0.3, -0.25) is 4.79 Å². The first-order valence-electron chi connectivity index (χ1n) is 7.42. The topological polar surface area (TPSA) is 17.1 Å². The molecule has 0 aliphatic heterocycles. The molecule has 0 bridgehead atoms. The number of hydrogen-bond donors (Lipinski definition) is 0. The molecule has 0 unspecified atom stereocenters. The van der Waals surface area contributed by atoms with Gasteiger partial charge in [0.2, 0.25) is 0 Å². The van der Waals surface area contributed by atoms with E-state index in [2.05, 4.69) is 38.1 Å². The van der Waals surface area contributed by atoms with Gasteiger partial charge >= 0.3 is 0 Å². The van der Waals surface area contributed by atoms with E-state index < -0.39 is 0 Å². The third-order valence-electron chi connectivity index (χ3n) is 3.99. The molecule has 1 nitrogen and oxygen atoms in total. The normalized spacial score (nSPS) is 16.8. The van der Waals surface area contributed by atoms with Gasteiger partial charge in [0.1, 0.15) is 5.78 Å². The minimum Gasteiger partial charge on any atom is -0.298 e. The van der Waals surface area contributed by atoms with Gasteiger partial charge in [-0.2, -0.15) is 0 Å². The fourth-order valence-electron chi connectivity index (χ4n) is 2.65. The predicted molar refractivity (Wildman–Crippen MR) is 82.8 cm³/mol. The summed E-state index contributed by atoms with van der Waals surface area (Å²) in [6.07, 6.45) is 6.03. The summed E-state index contributed by atoms with van der Waals surface area (Å²) >= 11 is 1.69. The van der Waals surface area contributed by atoms with E-state index in [1.165, 1.54) is 29.7 Å². The summed E-state index contributed by atoms with van der Waals surface area (Å²) < 4.78 is 0. The van der Waals surface area contributed by atoms with Crippen LogP contribution in [0.25, 0.3) is 0 Å². The van der Waals surface area contributed by atoms with Crippen LogP contribution in [0.1, 0.15) is 57.4 Å². The Labute approximate surface area is 121 Å². The molecule has 104 valence electrons. The van der Waals surface area contributed by atoms with Gasteiger partial charge in [0.25, 0.3) is 0 Å². The maximum atomic E-state index is 12.1. The molecule has 0 spiro atoms. The molecule has 2 heteroatoms. The minimum atomic E-state index is 0.344. The Morgan fingerprint density at radius 2 is 1.79 bits per heavy atom. The highest BCUT2D eigenvalue weighted by Gasteiger charge is 2.20. The van der Waals surface area contributed by atoms with E-state index >= 15 is 0 Å². The summed E-state index contributed by atoms with van der Waals surface area (Å²) in [5.41, 5.74) is 1.36. The summed E-state index contributed by atoms with van der Waals surface area (Å²) in [6.45, 7) is 4.41. The fourth-order valence-corrected chi connectivity index (χ4v) is 3.52. The number of carbonyl (C=O) groups excluding carboxylic acids is 1. The van der Waals surface area contributed by atoms with Crippen LogP contribution in [-0.2, 0) is 4.79 Å². The van der Waals surface area contributed by atoms with Crippen LogP contribution in [0, 0.1) is 5.92 Å². The van der Waals surface area contributed by atoms with E-state index in [1.54, 1.807) is 11.8 Å². The van der Waals surface area contributed by atoms with Crippen molar-refractivity contribution in [1.29, 1.82) is 0 Å². The smallest absolute Gasteiger partial charge is 0.146 e. The largest absolute Gasteiger partial charge is 0.298 e. The van der Waals surface area contributed by atoms with Crippen molar-refractivity contribution < 1.29 is 4.79 Å². The van der Waals surface area contributed by atoms with Crippen molar-refractivity contribution in [3.8, 4) is 0 Å². The number of benzene rings is 1. The first-order chi connectivity index (χ1) is 9.16. The van der Waals surface area contributed by atoms with Gasteiger partial charge in [0, 0.05) is 10.8 Å². The fraction of sp³-hybridized carbons (Fsp3) is 0.588. The first-order valence-corrected chi connectivity index (χ1v) is 8.41. The number of hydrogen-bond acceptors (Lipinski definition) is 2. The standard InChI is InChI=1S/C17H24OS/c1-13(2)14-8-10-16(11-9-14)19-12-17(18)15-6-4-3-5-7-15/h8-11,13,15H,3-7,12H2,1-2H3. The summed E-state index contributed by atoms with van der Waals surface area (Å²) in [5, 5.41) is 0. The molecule has 0 radical (unpaired) electrons. The van der Waals surface area contributed by atoms with Gasteiger partial charge in [-0.05, 0) is 36.5 Å². The van der Waals surface area contributed by atoms with Crippen LogP contribution in [0.2, 0.25) is 0 Å². The van der Waals surface area contributed by atoms with Crippen LogP contribution in [0.3, 0.4) is 0 Å². The molecule has 1 aromatic rings. The van der Waals surface area contributed by atoms with Gasteiger partial charge in [-0.1, -0.05) is 45.2 Å². The maximum absolute atomic E-state index is 12.1. The molecule has 0 N–H and O–H groups in total. The Morgan fingerprint density at radius 1 is 1.16 bits per heavy atom. The van der Waals surface area contributed by atoms with E-state index in [0.717, 1.165) is 12.8 Å². The number of ketones is 1. The van der Waals surface area contributed by atoms with Gasteiger partial charge < -0.3 is 0 Å².